The summed E-state index contributed by atoms with van der Waals surface area (Å²) in [5.74, 6) is -0.993. The van der Waals surface area contributed by atoms with Gasteiger partial charge < -0.3 is 10.0 Å². The molecule has 1 atom stereocenters. The van der Waals surface area contributed by atoms with Crippen molar-refractivity contribution in [2.45, 2.75) is 25.7 Å². The number of carbonyl (C=O) groups excluding carboxylic acids is 1. The SMILES string of the molecule is O=C(O)CN1CCCC(CCc2ccncc2)C1=O. The second-order valence-electron chi connectivity index (χ2n) is 4.89. The number of rotatable bonds is 5. The molecule has 1 amide bonds. The van der Waals surface area contributed by atoms with Gasteiger partial charge in [-0.3, -0.25) is 14.6 Å². The maximum Gasteiger partial charge on any atom is 0.323 e. The Hall–Kier alpha value is -1.91. The first kappa shape index (κ1) is 13.5. The molecule has 0 aliphatic carbocycles. The molecule has 1 aliphatic rings. The molecule has 0 aromatic carbocycles. The molecule has 5 nitrogen and oxygen atoms in total. The lowest BCUT2D eigenvalue weighted by Crippen LogP contribution is -2.43. The zero-order valence-corrected chi connectivity index (χ0v) is 10.8. The average Bonchev–Trinajstić information content (AvgIpc) is 2.40. The molecule has 1 saturated heterocycles. The molecule has 1 aliphatic heterocycles. The van der Waals surface area contributed by atoms with E-state index in [1.54, 1.807) is 12.4 Å². The van der Waals surface area contributed by atoms with Crippen LogP contribution >= 0.6 is 0 Å². The first-order valence-corrected chi connectivity index (χ1v) is 6.56. The predicted octanol–water partition coefficient (Wildman–Crippen LogP) is 1.34. The van der Waals surface area contributed by atoms with E-state index in [0.717, 1.165) is 31.2 Å². The zero-order chi connectivity index (χ0) is 13.7. The number of carboxylic acids is 1. The van der Waals surface area contributed by atoms with Crippen molar-refractivity contribution in [2.24, 2.45) is 5.92 Å². The van der Waals surface area contributed by atoms with Gasteiger partial charge in [-0.1, -0.05) is 0 Å². The van der Waals surface area contributed by atoms with Gasteiger partial charge in [0.05, 0.1) is 0 Å². The fraction of sp³-hybridized carbons (Fsp3) is 0.500. The third-order valence-corrected chi connectivity index (χ3v) is 3.50. The van der Waals surface area contributed by atoms with Crippen LogP contribution in [-0.2, 0) is 16.0 Å². The summed E-state index contributed by atoms with van der Waals surface area (Å²) >= 11 is 0. The van der Waals surface area contributed by atoms with Crippen molar-refractivity contribution in [3.63, 3.8) is 0 Å². The molecular weight excluding hydrogens is 244 g/mol. The van der Waals surface area contributed by atoms with Crippen molar-refractivity contribution < 1.29 is 14.7 Å². The summed E-state index contributed by atoms with van der Waals surface area (Å²) in [5.41, 5.74) is 1.16. The summed E-state index contributed by atoms with van der Waals surface area (Å²) in [6.45, 7) is 0.390. The number of hydrogen-bond donors (Lipinski definition) is 1. The highest BCUT2D eigenvalue weighted by atomic mass is 16.4. The molecule has 102 valence electrons. The van der Waals surface area contributed by atoms with E-state index in [9.17, 15) is 9.59 Å². The van der Waals surface area contributed by atoms with Crippen molar-refractivity contribution in [2.75, 3.05) is 13.1 Å². The van der Waals surface area contributed by atoms with E-state index in [0.29, 0.717) is 6.54 Å². The smallest absolute Gasteiger partial charge is 0.323 e. The minimum absolute atomic E-state index is 0.0114. The quantitative estimate of drug-likeness (QED) is 0.869. The van der Waals surface area contributed by atoms with Gasteiger partial charge in [-0.2, -0.15) is 0 Å². The van der Waals surface area contributed by atoms with Gasteiger partial charge in [0.1, 0.15) is 6.54 Å². The number of aromatic nitrogens is 1. The number of piperidine rings is 1. The second-order valence-corrected chi connectivity index (χ2v) is 4.89. The molecule has 0 radical (unpaired) electrons. The number of carboxylic acid groups (broad SMARTS) is 1. The minimum atomic E-state index is -0.942. The van der Waals surface area contributed by atoms with Crippen LogP contribution in [0.3, 0.4) is 0 Å². The Morgan fingerprint density at radius 1 is 1.42 bits per heavy atom. The van der Waals surface area contributed by atoms with Crippen molar-refractivity contribution in [1.29, 1.82) is 0 Å². The number of aliphatic carboxylic acids is 1. The van der Waals surface area contributed by atoms with Crippen LogP contribution in [0, 0.1) is 5.92 Å². The molecule has 19 heavy (non-hydrogen) atoms. The Morgan fingerprint density at radius 2 is 2.16 bits per heavy atom. The van der Waals surface area contributed by atoms with Crippen LogP contribution < -0.4 is 0 Å². The van der Waals surface area contributed by atoms with Crippen LogP contribution in [-0.4, -0.2) is 40.0 Å². The summed E-state index contributed by atoms with van der Waals surface area (Å²) in [6.07, 6.45) is 6.85. The first-order valence-electron chi connectivity index (χ1n) is 6.56. The predicted molar refractivity (Wildman–Crippen MR) is 69.5 cm³/mol. The first-order chi connectivity index (χ1) is 9.16. The van der Waals surface area contributed by atoms with Crippen molar-refractivity contribution in [1.82, 2.24) is 9.88 Å². The summed E-state index contributed by atoms with van der Waals surface area (Å²) < 4.78 is 0. The van der Waals surface area contributed by atoms with Crippen LogP contribution in [0.25, 0.3) is 0 Å². The lowest BCUT2D eigenvalue weighted by molar-refractivity contribution is -0.148. The van der Waals surface area contributed by atoms with Crippen molar-refractivity contribution >= 4 is 11.9 Å². The number of amides is 1. The number of carbonyl (C=O) groups is 2. The number of aryl methyl sites for hydroxylation is 1. The normalized spacial score (nSPS) is 19.5. The standard InChI is InChI=1S/C14H18N2O3/c17-13(18)10-16-9-1-2-12(14(16)19)4-3-11-5-7-15-8-6-11/h5-8,12H,1-4,9-10H2,(H,17,18). The Labute approximate surface area is 112 Å². The second kappa shape index (κ2) is 6.31. The van der Waals surface area contributed by atoms with Gasteiger partial charge in [0, 0.05) is 24.9 Å². The lowest BCUT2D eigenvalue weighted by Gasteiger charge is -2.31. The third kappa shape index (κ3) is 3.77. The van der Waals surface area contributed by atoms with E-state index in [4.69, 9.17) is 5.11 Å². The van der Waals surface area contributed by atoms with E-state index in [-0.39, 0.29) is 18.4 Å². The van der Waals surface area contributed by atoms with E-state index in [1.807, 2.05) is 12.1 Å². The highest BCUT2D eigenvalue weighted by Gasteiger charge is 2.29. The molecule has 1 fully saturated rings. The van der Waals surface area contributed by atoms with Crippen molar-refractivity contribution in [3.05, 3.63) is 30.1 Å². The minimum Gasteiger partial charge on any atom is -0.480 e. The van der Waals surface area contributed by atoms with E-state index < -0.39 is 5.97 Å². The molecule has 2 heterocycles. The molecule has 2 rings (SSSR count). The molecule has 1 N–H and O–H groups in total. The largest absolute Gasteiger partial charge is 0.480 e. The third-order valence-electron chi connectivity index (χ3n) is 3.50. The number of nitrogens with zero attached hydrogens (tertiary/aromatic N) is 2. The van der Waals surface area contributed by atoms with E-state index >= 15 is 0 Å². The van der Waals surface area contributed by atoms with Gasteiger partial charge in [-0.25, -0.2) is 0 Å². The molecule has 1 unspecified atom stereocenters. The van der Waals surface area contributed by atoms with Gasteiger partial charge >= 0.3 is 5.97 Å². The monoisotopic (exact) mass is 262 g/mol. The molecule has 0 saturated carbocycles. The Balaban J connectivity index is 1.89. The highest BCUT2D eigenvalue weighted by molar-refractivity contribution is 5.83. The van der Waals surface area contributed by atoms with Crippen molar-refractivity contribution in [3.8, 4) is 0 Å². The number of pyridine rings is 1. The molecule has 0 spiro atoms. The number of hydrogen-bond acceptors (Lipinski definition) is 3. The van der Waals surface area contributed by atoms with Crippen LogP contribution in [0.4, 0.5) is 0 Å². The Morgan fingerprint density at radius 3 is 2.84 bits per heavy atom. The summed E-state index contributed by atoms with van der Waals surface area (Å²) in [4.78, 5) is 28.3. The van der Waals surface area contributed by atoms with Gasteiger partial charge in [0.15, 0.2) is 0 Å². The number of likely N-dealkylation sites (tertiary alicyclic amines) is 1. The van der Waals surface area contributed by atoms with Crippen LogP contribution in [0.5, 0.6) is 0 Å². The summed E-state index contributed by atoms with van der Waals surface area (Å²) in [6, 6.07) is 3.89. The lowest BCUT2D eigenvalue weighted by atomic mass is 9.91. The van der Waals surface area contributed by atoms with E-state index in [2.05, 4.69) is 4.98 Å². The Kier molecular flexibility index (Phi) is 4.49. The van der Waals surface area contributed by atoms with Gasteiger partial charge in [0.25, 0.3) is 0 Å². The molecule has 1 aromatic heterocycles. The molecular formula is C14H18N2O3. The maximum absolute atomic E-state index is 12.1. The van der Waals surface area contributed by atoms with Gasteiger partial charge in [-0.05, 0) is 43.4 Å². The zero-order valence-electron chi connectivity index (χ0n) is 10.8. The van der Waals surface area contributed by atoms with Gasteiger partial charge in [0.2, 0.25) is 5.91 Å². The average molecular weight is 262 g/mol. The Bertz CT molecular complexity index is 447. The summed E-state index contributed by atoms with van der Waals surface area (Å²) in [5, 5.41) is 8.78. The summed E-state index contributed by atoms with van der Waals surface area (Å²) in [7, 11) is 0. The fourth-order valence-corrected chi connectivity index (χ4v) is 2.50. The molecule has 1 aromatic rings. The van der Waals surface area contributed by atoms with Crippen LogP contribution in [0.15, 0.2) is 24.5 Å². The maximum atomic E-state index is 12.1. The topological polar surface area (TPSA) is 70.5 Å². The highest BCUT2D eigenvalue weighted by Crippen LogP contribution is 2.22. The fourth-order valence-electron chi connectivity index (χ4n) is 2.50. The van der Waals surface area contributed by atoms with E-state index in [1.165, 1.54) is 4.90 Å². The molecule has 0 bridgehead atoms. The van der Waals surface area contributed by atoms with Crippen LogP contribution in [0.1, 0.15) is 24.8 Å². The molecule has 5 heteroatoms. The van der Waals surface area contributed by atoms with Gasteiger partial charge in [-0.15, -0.1) is 0 Å². The van der Waals surface area contributed by atoms with Crippen LogP contribution in [0.2, 0.25) is 0 Å².